The standard InChI is InChI=1S/C22H19ClN2OS/c1-15-9-11-17(12-10-15)24-22(27)20(25-13-5-6-16(2)14-25)21(26)18-7-3-4-8-19(18)23/h3-14H,1-2H3,(H-,24,26,27)/p+1. The Morgan fingerprint density at radius 2 is 1.67 bits per heavy atom. The summed E-state index contributed by atoms with van der Waals surface area (Å²) in [7, 11) is 0. The summed E-state index contributed by atoms with van der Waals surface area (Å²) in [5.41, 5.74) is 4.04. The molecule has 0 bridgehead atoms. The number of benzene rings is 2. The minimum absolute atomic E-state index is 0.0146. The van der Waals surface area contributed by atoms with Crippen molar-refractivity contribution in [1.29, 1.82) is 0 Å². The van der Waals surface area contributed by atoms with E-state index in [4.69, 9.17) is 23.8 Å². The van der Waals surface area contributed by atoms with E-state index in [0.29, 0.717) is 21.3 Å². The Kier molecular flexibility index (Phi) is 5.89. The van der Waals surface area contributed by atoms with Crippen LogP contribution in [0.1, 0.15) is 16.7 Å². The summed E-state index contributed by atoms with van der Waals surface area (Å²) in [6, 6.07) is 18.9. The van der Waals surface area contributed by atoms with Crippen molar-refractivity contribution < 1.29 is 9.67 Å². The van der Waals surface area contributed by atoms with Gasteiger partial charge in [-0.15, -0.1) is 0 Å². The number of aromatic nitrogens is 1. The summed E-state index contributed by atoms with van der Waals surface area (Å²) in [5, 5.41) is 14.7. The van der Waals surface area contributed by atoms with E-state index in [0.717, 1.165) is 16.8 Å². The van der Waals surface area contributed by atoms with E-state index in [1.54, 1.807) is 16.7 Å². The lowest BCUT2D eigenvalue weighted by atomic mass is 10.1. The maximum atomic E-state index is 11.0. The van der Waals surface area contributed by atoms with Crippen molar-refractivity contribution in [3.05, 3.63) is 94.8 Å². The predicted molar refractivity (Wildman–Crippen MR) is 116 cm³/mol. The largest absolute Gasteiger partial charge is 0.502 e. The molecule has 1 aromatic heterocycles. The molecule has 2 aromatic carbocycles. The normalized spacial score (nSPS) is 11.7. The lowest BCUT2D eigenvalue weighted by molar-refractivity contribution is -0.576. The monoisotopic (exact) mass is 395 g/mol. The van der Waals surface area contributed by atoms with Crippen LogP contribution in [0.5, 0.6) is 0 Å². The molecule has 0 radical (unpaired) electrons. The van der Waals surface area contributed by atoms with Crippen molar-refractivity contribution in [2.45, 2.75) is 13.8 Å². The van der Waals surface area contributed by atoms with Gasteiger partial charge >= 0.3 is 0 Å². The fourth-order valence-corrected chi connectivity index (χ4v) is 3.23. The van der Waals surface area contributed by atoms with E-state index >= 15 is 0 Å². The molecule has 2 N–H and O–H groups in total. The van der Waals surface area contributed by atoms with Gasteiger partial charge in [0.15, 0.2) is 17.4 Å². The SMILES string of the molecule is Cc1ccc(NC(=S)C(=C(O)c2ccccc2Cl)[n+]2cccc(C)c2)cc1. The summed E-state index contributed by atoms with van der Waals surface area (Å²) in [6.45, 7) is 4.01. The topological polar surface area (TPSA) is 36.1 Å². The van der Waals surface area contributed by atoms with Crippen LogP contribution in [0.2, 0.25) is 5.02 Å². The Bertz CT molecular complexity index is 1010. The molecule has 0 saturated heterocycles. The number of hydrogen-bond acceptors (Lipinski definition) is 2. The molecule has 27 heavy (non-hydrogen) atoms. The molecule has 3 nitrogen and oxygen atoms in total. The number of aryl methyl sites for hydroxylation is 2. The van der Waals surface area contributed by atoms with E-state index in [2.05, 4.69) is 5.32 Å². The van der Waals surface area contributed by atoms with Gasteiger partial charge in [-0.3, -0.25) is 0 Å². The van der Waals surface area contributed by atoms with Gasteiger partial charge in [0.25, 0.3) is 5.70 Å². The van der Waals surface area contributed by atoms with Gasteiger partial charge in [-0.05, 0) is 44.2 Å². The molecule has 0 saturated carbocycles. The highest BCUT2D eigenvalue weighted by atomic mass is 35.5. The molecule has 1 heterocycles. The van der Waals surface area contributed by atoms with Crippen LogP contribution in [0.4, 0.5) is 5.69 Å². The Morgan fingerprint density at radius 3 is 2.33 bits per heavy atom. The number of halogens is 1. The molecule has 0 amide bonds. The van der Waals surface area contributed by atoms with E-state index in [-0.39, 0.29) is 5.76 Å². The number of nitrogens with zero attached hydrogens (tertiary/aromatic N) is 1. The lowest BCUT2D eigenvalue weighted by Crippen LogP contribution is -2.38. The first-order valence-corrected chi connectivity index (χ1v) is 9.29. The van der Waals surface area contributed by atoms with Crippen LogP contribution in [0, 0.1) is 13.8 Å². The molecule has 0 unspecified atom stereocenters. The smallest absolute Gasteiger partial charge is 0.288 e. The fraction of sp³-hybridized carbons (Fsp3) is 0.0909. The first-order chi connectivity index (χ1) is 13.0. The van der Waals surface area contributed by atoms with Gasteiger partial charge in [0.1, 0.15) is 0 Å². The maximum absolute atomic E-state index is 11.0. The van der Waals surface area contributed by atoms with Crippen LogP contribution >= 0.6 is 23.8 Å². The molecular weight excluding hydrogens is 376 g/mol. The van der Waals surface area contributed by atoms with Gasteiger partial charge in [0, 0.05) is 22.9 Å². The molecule has 0 spiro atoms. The lowest BCUT2D eigenvalue weighted by Gasteiger charge is -2.11. The summed E-state index contributed by atoms with van der Waals surface area (Å²) >= 11 is 11.9. The van der Waals surface area contributed by atoms with E-state index in [1.165, 1.54) is 0 Å². The zero-order valence-electron chi connectivity index (χ0n) is 15.1. The highest BCUT2D eigenvalue weighted by Gasteiger charge is 2.25. The van der Waals surface area contributed by atoms with Crippen LogP contribution < -0.4 is 9.88 Å². The van der Waals surface area contributed by atoms with Gasteiger partial charge in [-0.2, -0.15) is 4.57 Å². The Labute approximate surface area is 169 Å². The highest BCUT2D eigenvalue weighted by Crippen LogP contribution is 2.25. The number of aliphatic hydroxyl groups is 1. The molecule has 0 aliphatic carbocycles. The number of pyridine rings is 1. The third kappa shape index (κ3) is 4.54. The van der Waals surface area contributed by atoms with Gasteiger partial charge in [0.2, 0.25) is 5.76 Å². The first-order valence-electron chi connectivity index (χ1n) is 8.50. The average molecular weight is 396 g/mol. The summed E-state index contributed by atoms with van der Waals surface area (Å²) in [6.07, 6.45) is 3.75. The Morgan fingerprint density at radius 1 is 0.963 bits per heavy atom. The third-order valence-corrected chi connectivity index (χ3v) is 4.71. The number of rotatable bonds is 4. The molecule has 136 valence electrons. The maximum Gasteiger partial charge on any atom is 0.288 e. The molecule has 3 rings (SSSR count). The zero-order chi connectivity index (χ0) is 19.4. The van der Waals surface area contributed by atoms with Crippen molar-refractivity contribution in [1.82, 2.24) is 0 Å². The number of aliphatic hydroxyl groups excluding tert-OH is 1. The second kappa shape index (κ2) is 8.33. The highest BCUT2D eigenvalue weighted by molar-refractivity contribution is 7.81. The number of thiocarbonyl (C=S) groups is 1. The number of nitrogens with one attached hydrogen (secondary N) is 1. The van der Waals surface area contributed by atoms with Crippen LogP contribution in [0.3, 0.4) is 0 Å². The summed E-state index contributed by atoms with van der Waals surface area (Å²) < 4.78 is 1.80. The van der Waals surface area contributed by atoms with E-state index in [9.17, 15) is 5.11 Å². The van der Waals surface area contributed by atoms with Crippen LogP contribution in [-0.4, -0.2) is 10.1 Å². The molecule has 0 aliphatic rings. The van der Waals surface area contributed by atoms with Crippen molar-refractivity contribution in [3.63, 3.8) is 0 Å². The molecule has 0 fully saturated rings. The predicted octanol–water partition coefficient (Wildman–Crippen LogP) is 5.57. The summed E-state index contributed by atoms with van der Waals surface area (Å²) in [5.74, 6) is 0.0146. The first kappa shape index (κ1) is 19.1. The van der Waals surface area contributed by atoms with Crippen molar-refractivity contribution in [2.24, 2.45) is 0 Å². The quantitative estimate of drug-likeness (QED) is 0.262. The fourth-order valence-electron chi connectivity index (χ4n) is 2.69. The van der Waals surface area contributed by atoms with Crippen molar-refractivity contribution in [3.8, 4) is 0 Å². The van der Waals surface area contributed by atoms with Crippen LogP contribution in [0.25, 0.3) is 11.5 Å². The second-order valence-electron chi connectivity index (χ2n) is 6.29. The van der Waals surface area contributed by atoms with Crippen LogP contribution in [0.15, 0.2) is 73.1 Å². The second-order valence-corrected chi connectivity index (χ2v) is 7.10. The Balaban J connectivity index is 2.10. The number of hydrogen-bond donors (Lipinski definition) is 2. The minimum Gasteiger partial charge on any atom is -0.502 e. The molecule has 0 atom stereocenters. The van der Waals surface area contributed by atoms with Gasteiger partial charge in [0.05, 0.1) is 5.02 Å². The minimum atomic E-state index is 0.0146. The van der Waals surface area contributed by atoms with Gasteiger partial charge in [-0.1, -0.05) is 53.6 Å². The van der Waals surface area contributed by atoms with Crippen molar-refractivity contribution >= 4 is 46.0 Å². The third-order valence-electron chi connectivity index (χ3n) is 4.08. The zero-order valence-corrected chi connectivity index (χ0v) is 16.7. The average Bonchev–Trinajstić information content (AvgIpc) is 2.64. The number of anilines is 1. The Hall–Kier alpha value is -2.69. The molecule has 3 aromatic rings. The van der Waals surface area contributed by atoms with E-state index in [1.807, 2.05) is 74.8 Å². The van der Waals surface area contributed by atoms with Crippen LogP contribution in [-0.2, 0) is 0 Å². The molecular formula is C22H20ClN2OS+. The van der Waals surface area contributed by atoms with Crippen molar-refractivity contribution in [2.75, 3.05) is 5.32 Å². The molecule has 0 aliphatic heterocycles. The molecule has 5 heteroatoms. The summed E-state index contributed by atoms with van der Waals surface area (Å²) in [4.78, 5) is 0.395. The van der Waals surface area contributed by atoms with E-state index < -0.39 is 0 Å². The van der Waals surface area contributed by atoms with Gasteiger partial charge in [-0.25, -0.2) is 0 Å². The van der Waals surface area contributed by atoms with Gasteiger partial charge < -0.3 is 10.4 Å².